The number of fused-ring (bicyclic) bond motifs is 1. The second kappa shape index (κ2) is 3.08. The van der Waals surface area contributed by atoms with Crippen molar-refractivity contribution < 1.29 is 9.53 Å². The number of carbonyl (C=O) groups is 1. The number of carbonyl (C=O) groups excluding carboxylic acids is 1. The lowest BCUT2D eigenvalue weighted by Gasteiger charge is -2.50. The fourth-order valence-electron chi connectivity index (χ4n) is 3.79. The standard InChI is InChI=1S/C12H17NO2/c1-7-6-13-8-3-4-10(13)11(9(7)5-8)12(14)15-2/h8-11H,1,3-6H2,2H3/t8-,9+,10+,11-/m0/s1. The van der Waals surface area contributed by atoms with Gasteiger partial charge in [0.1, 0.15) is 0 Å². The van der Waals surface area contributed by atoms with Gasteiger partial charge in [0.2, 0.25) is 0 Å². The molecule has 0 amide bonds. The SMILES string of the molecule is C=C1CN2[C@H]3CC[C@@H]2[C@@H](C(=O)OC)[C@@H]1C3. The van der Waals surface area contributed by atoms with Crippen molar-refractivity contribution in [2.24, 2.45) is 11.8 Å². The highest BCUT2D eigenvalue weighted by atomic mass is 16.5. The topological polar surface area (TPSA) is 29.5 Å². The number of esters is 1. The average Bonchev–Trinajstić information content (AvgIpc) is 2.54. The van der Waals surface area contributed by atoms with Crippen LogP contribution in [0.15, 0.2) is 12.2 Å². The van der Waals surface area contributed by atoms with Gasteiger partial charge in [-0.2, -0.15) is 0 Å². The third kappa shape index (κ3) is 1.13. The van der Waals surface area contributed by atoms with E-state index in [-0.39, 0.29) is 11.9 Å². The lowest BCUT2D eigenvalue weighted by atomic mass is 9.72. The molecule has 0 aromatic carbocycles. The summed E-state index contributed by atoms with van der Waals surface area (Å²) in [6, 6.07) is 1.15. The highest BCUT2D eigenvalue weighted by molar-refractivity contribution is 5.75. The molecule has 82 valence electrons. The van der Waals surface area contributed by atoms with Crippen molar-refractivity contribution in [3.05, 3.63) is 12.2 Å². The third-order valence-electron chi connectivity index (χ3n) is 4.45. The summed E-state index contributed by atoms with van der Waals surface area (Å²) in [5.41, 5.74) is 1.24. The molecule has 4 fully saturated rings. The van der Waals surface area contributed by atoms with Gasteiger partial charge in [0.05, 0.1) is 13.0 Å². The van der Waals surface area contributed by atoms with E-state index in [1.165, 1.54) is 19.1 Å². The molecule has 0 N–H and O–H groups in total. The summed E-state index contributed by atoms with van der Waals surface area (Å²) < 4.78 is 4.93. The van der Waals surface area contributed by atoms with Crippen molar-refractivity contribution in [3.8, 4) is 0 Å². The average molecular weight is 207 g/mol. The molecule has 3 nitrogen and oxygen atoms in total. The van der Waals surface area contributed by atoms with Crippen LogP contribution in [0.3, 0.4) is 0 Å². The van der Waals surface area contributed by atoms with Crippen LogP contribution in [0.2, 0.25) is 0 Å². The van der Waals surface area contributed by atoms with E-state index in [1.54, 1.807) is 0 Å². The Morgan fingerprint density at radius 2 is 2.33 bits per heavy atom. The predicted octanol–water partition coefficient (Wildman–Crippen LogP) is 1.20. The van der Waals surface area contributed by atoms with E-state index in [1.807, 2.05) is 0 Å². The van der Waals surface area contributed by atoms with Crippen molar-refractivity contribution in [1.82, 2.24) is 4.90 Å². The van der Waals surface area contributed by atoms with Gasteiger partial charge in [0, 0.05) is 18.6 Å². The Bertz CT molecular complexity index is 326. The monoisotopic (exact) mass is 207 g/mol. The molecule has 15 heavy (non-hydrogen) atoms. The smallest absolute Gasteiger partial charge is 0.310 e. The van der Waals surface area contributed by atoms with Crippen molar-refractivity contribution in [2.45, 2.75) is 31.3 Å². The predicted molar refractivity (Wildman–Crippen MR) is 56.3 cm³/mol. The zero-order chi connectivity index (χ0) is 10.6. The molecule has 4 bridgehead atoms. The summed E-state index contributed by atoms with van der Waals surface area (Å²) in [6.07, 6.45) is 3.53. The lowest BCUT2D eigenvalue weighted by molar-refractivity contribution is -0.153. The minimum absolute atomic E-state index is 0.0313. The quantitative estimate of drug-likeness (QED) is 0.478. The van der Waals surface area contributed by atoms with Gasteiger partial charge in [-0.15, -0.1) is 0 Å². The van der Waals surface area contributed by atoms with E-state index in [4.69, 9.17) is 4.74 Å². The molecule has 4 heterocycles. The summed E-state index contributed by atoms with van der Waals surface area (Å²) in [5, 5.41) is 0. The second-order valence-corrected chi connectivity index (χ2v) is 5.02. The largest absolute Gasteiger partial charge is 0.469 e. The summed E-state index contributed by atoms with van der Waals surface area (Å²) >= 11 is 0. The van der Waals surface area contributed by atoms with Crippen LogP contribution in [0.4, 0.5) is 0 Å². The molecule has 0 saturated carbocycles. The first-order valence-corrected chi connectivity index (χ1v) is 5.73. The summed E-state index contributed by atoms with van der Waals surface area (Å²) in [6.45, 7) is 5.12. The minimum Gasteiger partial charge on any atom is -0.469 e. The molecular weight excluding hydrogens is 190 g/mol. The molecule has 4 aliphatic rings. The molecule has 0 aromatic rings. The Labute approximate surface area is 90.1 Å². The van der Waals surface area contributed by atoms with Crippen molar-refractivity contribution in [1.29, 1.82) is 0 Å². The maximum Gasteiger partial charge on any atom is 0.310 e. The van der Waals surface area contributed by atoms with Crippen LogP contribution in [0.25, 0.3) is 0 Å². The van der Waals surface area contributed by atoms with Gasteiger partial charge in [-0.3, -0.25) is 9.69 Å². The number of ether oxygens (including phenoxy) is 1. The van der Waals surface area contributed by atoms with Crippen LogP contribution in [-0.4, -0.2) is 36.6 Å². The lowest BCUT2D eigenvalue weighted by Crippen LogP contribution is -2.57. The molecule has 4 aliphatic heterocycles. The molecule has 5 atom stereocenters. The normalized spacial score (nSPS) is 47.0. The maximum absolute atomic E-state index is 11.8. The van der Waals surface area contributed by atoms with Crippen molar-refractivity contribution in [3.63, 3.8) is 0 Å². The number of nitrogens with zero attached hydrogens (tertiary/aromatic N) is 1. The maximum atomic E-state index is 11.8. The molecule has 1 unspecified atom stereocenters. The van der Waals surface area contributed by atoms with E-state index in [0.717, 1.165) is 19.4 Å². The Hall–Kier alpha value is -0.830. The molecule has 0 spiro atoms. The number of hydrogen-bond acceptors (Lipinski definition) is 3. The van der Waals surface area contributed by atoms with Crippen molar-refractivity contribution in [2.75, 3.05) is 13.7 Å². The van der Waals surface area contributed by atoms with E-state index >= 15 is 0 Å². The van der Waals surface area contributed by atoms with Gasteiger partial charge >= 0.3 is 5.97 Å². The van der Waals surface area contributed by atoms with Gasteiger partial charge in [-0.1, -0.05) is 12.2 Å². The van der Waals surface area contributed by atoms with Crippen LogP contribution in [0.1, 0.15) is 19.3 Å². The first kappa shape index (κ1) is 9.40. The number of hydrogen-bond donors (Lipinski definition) is 0. The van der Waals surface area contributed by atoms with Gasteiger partial charge < -0.3 is 4.74 Å². The summed E-state index contributed by atoms with van der Waals surface area (Å²) in [7, 11) is 1.50. The number of methoxy groups -OCH3 is 1. The second-order valence-electron chi connectivity index (χ2n) is 5.02. The fourth-order valence-corrected chi connectivity index (χ4v) is 3.79. The Morgan fingerprint density at radius 3 is 3.07 bits per heavy atom. The Morgan fingerprint density at radius 1 is 1.53 bits per heavy atom. The number of rotatable bonds is 1. The van der Waals surface area contributed by atoms with Gasteiger partial charge in [0.15, 0.2) is 0 Å². The first-order valence-electron chi connectivity index (χ1n) is 5.73. The van der Waals surface area contributed by atoms with Crippen LogP contribution < -0.4 is 0 Å². The molecule has 0 aromatic heterocycles. The zero-order valence-electron chi connectivity index (χ0n) is 9.11. The van der Waals surface area contributed by atoms with E-state index < -0.39 is 0 Å². The highest BCUT2D eigenvalue weighted by Crippen LogP contribution is 2.49. The van der Waals surface area contributed by atoms with Crippen LogP contribution in [0, 0.1) is 11.8 Å². The van der Waals surface area contributed by atoms with Crippen LogP contribution >= 0.6 is 0 Å². The first-order chi connectivity index (χ1) is 7.22. The van der Waals surface area contributed by atoms with E-state index in [2.05, 4.69) is 11.5 Å². The molecule has 4 rings (SSSR count). The van der Waals surface area contributed by atoms with Crippen molar-refractivity contribution >= 4 is 5.97 Å². The molecular formula is C12H17NO2. The van der Waals surface area contributed by atoms with Gasteiger partial charge in [-0.05, 0) is 25.2 Å². The summed E-state index contributed by atoms with van der Waals surface area (Å²) in [5.74, 6) is 0.422. The minimum atomic E-state index is -0.0313. The van der Waals surface area contributed by atoms with Crippen LogP contribution in [0.5, 0.6) is 0 Å². The molecule has 3 heteroatoms. The Kier molecular flexibility index (Phi) is 1.93. The van der Waals surface area contributed by atoms with E-state index in [9.17, 15) is 4.79 Å². The van der Waals surface area contributed by atoms with Gasteiger partial charge in [0.25, 0.3) is 0 Å². The Balaban J connectivity index is 1.95. The fraction of sp³-hybridized carbons (Fsp3) is 0.750. The zero-order valence-corrected chi connectivity index (χ0v) is 9.11. The highest BCUT2D eigenvalue weighted by Gasteiger charge is 2.54. The molecule has 0 radical (unpaired) electrons. The van der Waals surface area contributed by atoms with Crippen LogP contribution in [-0.2, 0) is 9.53 Å². The molecule has 0 aliphatic carbocycles. The third-order valence-corrected chi connectivity index (χ3v) is 4.45. The summed E-state index contributed by atoms with van der Waals surface area (Å²) in [4.78, 5) is 14.3. The van der Waals surface area contributed by atoms with Gasteiger partial charge in [-0.25, -0.2) is 0 Å². The number of piperidine rings is 3. The van der Waals surface area contributed by atoms with E-state index in [0.29, 0.717) is 18.0 Å². The molecule has 4 saturated heterocycles.